The van der Waals surface area contributed by atoms with Crippen LogP contribution in [0.4, 0.5) is 14.6 Å². The first-order chi connectivity index (χ1) is 18.5. The van der Waals surface area contributed by atoms with Crippen molar-refractivity contribution in [3.05, 3.63) is 84.5 Å². The van der Waals surface area contributed by atoms with Crippen LogP contribution in [0.3, 0.4) is 0 Å². The first-order valence-corrected chi connectivity index (χ1v) is 12.3. The number of piperidine rings is 1. The van der Waals surface area contributed by atoms with Gasteiger partial charge in [-0.2, -0.15) is 0 Å². The Hall–Kier alpha value is -4.61. The summed E-state index contributed by atoms with van der Waals surface area (Å²) in [5.74, 6) is 1.85. The van der Waals surface area contributed by atoms with Crippen LogP contribution < -0.4 is 16.0 Å². The Morgan fingerprint density at radius 2 is 2.08 bits per heavy atom. The predicted molar refractivity (Wildman–Crippen MR) is 141 cm³/mol. The molecule has 1 saturated heterocycles. The molecule has 4 aromatic rings. The summed E-state index contributed by atoms with van der Waals surface area (Å²) < 4.78 is 27.7. The second kappa shape index (κ2) is 11.2. The van der Waals surface area contributed by atoms with Gasteiger partial charge in [0.25, 0.3) is 6.43 Å². The van der Waals surface area contributed by atoms with Crippen molar-refractivity contribution < 1.29 is 8.78 Å². The van der Waals surface area contributed by atoms with Crippen LogP contribution in [0.2, 0.25) is 0 Å². The van der Waals surface area contributed by atoms with Gasteiger partial charge in [0, 0.05) is 38.2 Å². The predicted octanol–water partition coefficient (Wildman–Crippen LogP) is 3.68. The Morgan fingerprint density at radius 3 is 2.79 bits per heavy atom. The minimum absolute atomic E-state index is 0.0787. The summed E-state index contributed by atoms with van der Waals surface area (Å²) in [6, 6.07) is 5.45. The fraction of sp³-hybridized carbons (Fsp3) is 0.269. The fourth-order valence-corrected chi connectivity index (χ4v) is 4.57. The summed E-state index contributed by atoms with van der Waals surface area (Å²) >= 11 is 0. The second-order valence-electron chi connectivity index (χ2n) is 8.99. The SMILES string of the molecule is FC(F)c1cn2c(-c3nccc(N4CCCC(C5=CC=CNC5)C4)n3)cnc2cn1.N=C(N)c1ccc[nH]1. The molecule has 0 amide bonds. The van der Waals surface area contributed by atoms with Crippen LogP contribution in [-0.4, -0.2) is 54.8 Å². The first-order valence-electron chi connectivity index (χ1n) is 12.3. The molecular weight excluding hydrogens is 490 g/mol. The largest absolute Gasteiger partial charge is 0.387 e. The number of hydrogen-bond donors (Lipinski definition) is 4. The van der Waals surface area contributed by atoms with Crippen molar-refractivity contribution >= 4 is 17.3 Å². The van der Waals surface area contributed by atoms with Crippen LogP contribution >= 0.6 is 0 Å². The van der Waals surface area contributed by atoms with Crippen molar-refractivity contribution in [1.82, 2.24) is 34.6 Å². The number of amidine groups is 1. The molecule has 12 heteroatoms. The van der Waals surface area contributed by atoms with Gasteiger partial charge in [-0.05, 0) is 54.8 Å². The molecule has 10 nitrogen and oxygen atoms in total. The first kappa shape index (κ1) is 25.1. The Morgan fingerprint density at radius 1 is 1.18 bits per heavy atom. The number of aromatic nitrogens is 6. The van der Waals surface area contributed by atoms with Crippen LogP contribution in [-0.2, 0) is 0 Å². The highest BCUT2D eigenvalue weighted by molar-refractivity contribution is 5.92. The molecule has 1 fully saturated rings. The lowest BCUT2D eigenvalue weighted by atomic mass is 9.89. The van der Waals surface area contributed by atoms with Crippen LogP contribution in [0.1, 0.15) is 30.7 Å². The van der Waals surface area contributed by atoms with Gasteiger partial charge < -0.3 is 20.9 Å². The van der Waals surface area contributed by atoms with Gasteiger partial charge in [-0.1, -0.05) is 6.08 Å². The summed E-state index contributed by atoms with van der Waals surface area (Å²) in [5.41, 5.74) is 7.93. The van der Waals surface area contributed by atoms with Gasteiger partial charge in [-0.25, -0.2) is 28.7 Å². The average molecular weight is 519 g/mol. The van der Waals surface area contributed by atoms with Crippen molar-refractivity contribution in [1.29, 1.82) is 5.41 Å². The molecule has 5 N–H and O–H groups in total. The normalized spacial score (nSPS) is 17.1. The number of fused-ring (bicyclic) bond motifs is 1. The van der Waals surface area contributed by atoms with Gasteiger partial charge in [0.05, 0.1) is 18.1 Å². The van der Waals surface area contributed by atoms with E-state index in [9.17, 15) is 8.78 Å². The van der Waals surface area contributed by atoms with E-state index >= 15 is 0 Å². The van der Waals surface area contributed by atoms with Crippen molar-refractivity contribution in [2.45, 2.75) is 19.3 Å². The zero-order valence-corrected chi connectivity index (χ0v) is 20.6. The number of nitrogen functional groups attached to an aromatic ring is 1. The molecule has 2 aliphatic rings. The summed E-state index contributed by atoms with van der Waals surface area (Å²) in [6.07, 6.45) is 13.5. The number of nitrogens with one attached hydrogen (secondary N) is 3. The number of aromatic amines is 1. The summed E-state index contributed by atoms with van der Waals surface area (Å²) in [4.78, 5) is 22.2. The third-order valence-electron chi connectivity index (χ3n) is 6.50. The zero-order chi connectivity index (χ0) is 26.5. The molecule has 6 heterocycles. The molecule has 0 aliphatic carbocycles. The van der Waals surface area contributed by atoms with E-state index in [1.54, 1.807) is 35.1 Å². The van der Waals surface area contributed by atoms with Gasteiger partial charge in [0.2, 0.25) is 0 Å². The molecule has 6 rings (SSSR count). The Bertz CT molecular complexity index is 1460. The number of nitrogens with zero attached hydrogens (tertiary/aromatic N) is 6. The number of dihydropyridines is 1. The van der Waals surface area contributed by atoms with E-state index in [-0.39, 0.29) is 11.5 Å². The summed E-state index contributed by atoms with van der Waals surface area (Å²) in [6.45, 7) is 2.70. The van der Waals surface area contributed by atoms with Crippen molar-refractivity contribution in [2.75, 3.05) is 24.5 Å². The minimum atomic E-state index is -2.65. The molecule has 2 aliphatic heterocycles. The third-order valence-corrected chi connectivity index (χ3v) is 6.50. The number of anilines is 1. The molecule has 0 aromatic carbocycles. The van der Waals surface area contributed by atoms with E-state index in [0.29, 0.717) is 28.8 Å². The van der Waals surface area contributed by atoms with Crippen LogP contribution in [0, 0.1) is 11.3 Å². The smallest absolute Gasteiger partial charge is 0.281 e. The minimum Gasteiger partial charge on any atom is -0.387 e. The highest BCUT2D eigenvalue weighted by atomic mass is 19.3. The lowest BCUT2D eigenvalue weighted by Crippen LogP contribution is -2.38. The molecular formula is C26H28F2N10. The molecule has 0 spiro atoms. The average Bonchev–Trinajstić information content (AvgIpc) is 3.65. The number of hydrogen-bond acceptors (Lipinski definition) is 7. The van der Waals surface area contributed by atoms with Crippen molar-refractivity contribution in [3.63, 3.8) is 0 Å². The Balaban J connectivity index is 0.000000316. The highest BCUT2D eigenvalue weighted by Crippen LogP contribution is 2.28. The van der Waals surface area contributed by atoms with Gasteiger partial charge in [-0.3, -0.25) is 9.81 Å². The summed E-state index contributed by atoms with van der Waals surface area (Å²) in [5, 5.41) is 10.2. The number of rotatable bonds is 5. The standard InChI is InChI=1S/C21H21F2N7.C5H7N3/c22-20(23)16-13-30-17(10-27-19(30)11-26-16)21-25-7-5-18(28-21)29-8-2-4-15(12-29)14-3-1-6-24-9-14;6-5(7)4-2-1-3-8-4/h1,3,5-7,10-11,13,15,20,24H,2,4,8-9,12H2;1-3,8H,(H3,6,7). The number of H-pyrrole nitrogens is 1. The fourth-order valence-electron chi connectivity index (χ4n) is 4.57. The Labute approximate surface area is 217 Å². The highest BCUT2D eigenvalue weighted by Gasteiger charge is 2.24. The van der Waals surface area contributed by atoms with Crippen LogP contribution in [0.5, 0.6) is 0 Å². The Kier molecular flexibility index (Phi) is 7.38. The zero-order valence-electron chi connectivity index (χ0n) is 20.6. The molecule has 1 atom stereocenters. The van der Waals surface area contributed by atoms with Gasteiger partial charge in [0.1, 0.15) is 23.0 Å². The lowest BCUT2D eigenvalue weighted by molar-refractivity contribution is 0.145. The maximum Gasteiger partial charge on any atom is 0.281 e. The van der Waals surface area contributed by atoms with E-state index < -0.39 is 6.43 Å². The maximum atomic E-state index is 13.1. The third kappa shape index (κ3) is 5.53. The van der Waals surface area contributed by atoms with Gasteiger partial charge >= 0.3 is 0 Å². The topological polar surface area (TPSA) is 137 Å². The molecule has 0 saturated carbocycles. The van der Waals surface area contributed by atoms with Crippen molar-refractivity contribution in [3.8, 4) is 11.5 Å². The van der Waals surface area contributed by atoms with Gasteiger partial charge in [-0.15, -0.1) is 0 Å². The number of halogens is 2. The number of alkyl halides is 2. The molecule has 0 radical (unpaired) electrons. The lowest BCUT2D eigenvalue weighted by Gasteiger charge is -2.35. The molecule has 1 unspecified atom stereocenters. The monoisotopic (exact) mass is 518 g/mol. The van der Waals surface area contributed by atoms with Gasteiger partial charge in [0.15, 0.2) is 11.5 Å². The van der Waals surface area contributed by atoms with E-state index in [1.807, 2.05) is 18.3 Å². The molecule has 0 bridgehead atoms. The van der Waals surface area contributed by atoms with Crippen LogP contribution in [0.25, 0.3) is 17.2 Å². The van der Waals surface area contributed by atoms with Crippen LogP contribution in [0.15, 0.2) is 73.1 Å². The van der Waals surface area contributed by atoms with E-state index in [0.717, 1.165) is 38.3 Å². The number of nitrogens with two attached hydrogens (primary N) is 1. The molecule has 38 heavy (non-hydrogen) atoms. The summed E-state index contributed by atoms with van der Waals surface area (Å²) in [7, 11) is 0. The van der Waals surface area contributed by atoms with E-state index in [2.05, 4.69) is 36.2 Å². The quantitative estimate of drug-likeness (QED) is 0.234. The van der Waals surface area contributed by atoms with Crippen molar-refractivity contribution in [2.24, 2.45) is 11.7 Å². The number of imidazole rings is 1. The number of allylic oxidation sites excluding steroid dienone is 2. The maximum absolute atomic E-state index is 13.1. The molecule has 196 valence electrons. The van der Waals surface area contributed by atoms with E-state index in [4.69, 9.17) is 16.1 Å². The van der Waals surface area contributed by atoms with E-state index in [1.165, 1.54) is 18.0 Å². The molecule has 4 aromatic heterocycles. The second-order valence-corrected chi connectivity index (χ2v) is 8.99.